The Hall–Kier alpha value is -1.55. The zero-order chi connectivity index (χ0) is 10.4. The summed E-state index contributed by atoms with van der Waals surface area (Å²) in [5.41, 5.74) is 3.30. The molecule has 1 rings (SSSR count). The Balaban J connectivity index is 2.38. The van der Waals surface area contributed by atoms with Gasteiger partial charge in [0.2, 0.25) is 0 Å². The smallest absolute Gasteiger partial charge is 0.326 e. The lowest BCUT2D eigenvalue weighted by Crippen LogP contribution is -2.41. The molecule has 1 aromatic rings. The summed E-state index contributed by atoms with van der Waals surface area (Å²) < 4.78 is 0. The molecule has 0 saturated carbocycles. The molecular weight excluding hydrogens is 178 g/mol. The summed E-state index contributed by atoms with van der Waals surface area (Å²) in [6.07, 6.45) is 0.838. The molecular formula is C10H15N3O. The Morgan fingerprint density at radius 1 is 1.43 bits per heavy atom. The van der Waals surface area contributed by atoms with Gasteiger partial charge in [-0.25, -0.2) is 10.6 Å². The van der Waals surface area contributed by atoms with Crippen LogP contribution in [0.3, 0.4) is 0 Å². The molecule has 0 aliphatic carbocycles. The first-order valence-electron chi connectivity index (χ1n) is 4.49. The molecule has 0 bridgehead atoms. The van der Waals surface area contributed by atoms with E-state index < -0.39 is 0 Å². The van der Waals surface area contributed by atoms with Crippen LogP contribution in [0.2, 0.25) is 0 Å². The molecule has 0 spiro atoms. The summed E-state index contributed by atoms with van der Waals surface area (Å²) in [7, 11) is 1.71. The minimum Gasteiger partial charge on any atom is -0.326 e. The highest BCUT2D eigenvalue weighted by Crippen LogP contribution is 2.00. The van der Waals surface area contributed by atoms with E-state index in [1.807, 2.05) is 30.3 Å². The number of nitrogens with one attached hydrogen (secondary N) is 1. The van der Waals surface area contributed by atoms with E-state index in [4.69, 9.17) is 5.84 Å². The maximum atomic E-state index is 11.0. The minimum absolute atomic E-state index is 0.263. The number of nitrogens with two attached hydrogens (primary N) is 1. The zero-order valence-electron chi connectivity index (χ0n) is 8.23. The number of likely N-dealkylation sites (N-methyl/N-ethyl adjacent to an activating group) is 1. The van der Waals surface area contributed by atoms with Crippen molar-refractivity contribution >= 4 is 6.03 Å². The number of hydrogen-bond donors (Lipinski definition) is 2. The molecule has 0 aliphatic heterocycles. The van der Waals surface area contributed by atoms with Crippen molar-refractivity contribution in [1.82, 2.24) is 10.3 Å². The first-order chi connectivity index (χ1) is 6.74. The molecule has 4 heteroatoms. The van der Waals surface area contributed by atoms with Gasteiger partial charge in [-0.2, -0.15) is 0 Å². The van der Waals surface area contributed by atoms with Crippen molar-refractivity contribution in [2.45, 2.75) is 6.42 Å². The highest BCUT2D eigenvalue weighted by Gasteiger charge is 2.04. The number of carbonyl (C=O) groups excluding carboxylic acids is 1. The number of amides is 2. The van der Waals surface area contributed by atoms with Crippen molar-refractivity contribution in [3.05, 3.63) is 35.9 Å². The normalized spacial score (nSPS) is 9.57. The van der Waals surface area contributed by atoms with Gasteiger partial charge in [0.25, 0.3) is 0 Å². The fourth-order valence-electron chi connectivity index (χ4n) is 1.15. The molecule has 14 heavy (non-hydrogen) atoms. The molecule has 0 saturated heterocycles. The summed E-state index contributed by atoms with van der Waals surface area (Å²) in [6.45, 7) is 0.660. The van der Waals surface area contributed by atoms with Gasteiger partial charge >= 0.3 is 6.03 Å². The van der Waals surface area contributed by atoms with Crippen LogP contribution in [0, 0.1) is 0 Å². The molecule has 0 atom stereocenters. The topological polar surface area (TPSA) is 58.4 Å². The van der Waals surface area contributed by atoms with Gasteiger partial charge in [-0.15, -0.1) is 0 Å². The van der Waals surface area contributed by atoms with Crippen LogP contribution in [0.15, 0.2) is 30.3 Å². The minimum atomic E-state index is -0.263. The lowest BCUT2D eigenvalue weighted by atomic mass is 10.1. The predicted octanol–water partition coefficient (Wildman–Crippen LogP) is 0.744. The highest BCUT2D eigenvalue weighted by molar-refractivity contribution is 5.73. The van der Waals surface area contributed by atoms with Gasteiger partial charge in [0.05, 0.1) is 0 Å². The Labute approximate surface area is 83.7 Å². The molecule has 1 aromatic carbocycles. The van der Waals surface area contributed by atoms with Gasteiger partial charge in [0.1, 0.15) is 0 Å². The molecule has 0 fully saturated rings. The number of hydrogen-bond acceptors (Lipinski definition) is 2. The van der Waals surface area contributed by atoms with E-state index in [1.165, 1.54) is 5.56 Å². The lowest BCUT2D eigenvalue weighted by molar-refractivity contribution is 0.209. The van der Waals surface area contributed by atoms with Crippen molar-refractivity contribution in [3.8, 4) is 0 Å². The van der Waals surface area contributed by atoms with Gasteiger partial charge in [-0.05, 0) is 12.0 Å². The number of rotatable bonds is 3. The van der Waals surface area contributed by atoms with Crippen LogP contribution in [0.4, 0.5) is 4.79 Å². The lowest BCUT2D eigenvalue weighted by Gasteiger charge is -2.15. The summed E-state index contributed by atoms with van der Waals surface area (Å²) in [6, 6.07) is 9.75. The number of hydrazine groups is 1. The van der Waals surface area contributed by atoms with Crippen molar-refractivity contribution in [1.29, 1.82) is 0 Å². The molecule has 3 N–H and O–H groups in total. The molecule has 0 aliphatic rings. The van der Waals surface area contributed by atoms with E-state index in [-0.39, 0.29) is 6.03 Å². The quantitative estimate of drug-likeness (QED) is 0.422. The van der Waals surface area contributed by atoms with Crippen LogP contribution in [0.25, 0.3) is 0 Å². The monoisotopic (exact) mass is 193 g/mol. The van der Waals surface area contributed by atoms with E-state index >= 15 is 0 Å². The molecule has 0 heterocycles. The molecule has 0 aromatic heterocycles. The molecule has 4 nitrogen and oxygen atoms in total. The summed E-state index contributed by atoms with van der Waals surface area (Å²) >= 11 is 0. The third kappa shape index (κ3) is 3.06. The van der Waals surface area contributed by atoms with Gasteiger partial charge in [0.15, 0.2) is 0 Å². The van der Waals surface area contributed by atoms with Gasteiger partial charge in [-0.1, -0.05) is 30.3 Å². The number of carbonyl (C=O) groups is 1. The van der Waals surface area contributed by atoms with Crippen LogP contribution < -0.4 is 11.3 Å². The van der Waals surface area contributed by atoms with Crippen LogP contribution in [-0.2, 0) is 6.42 Å². The van der Waals surface area contributed by atoms with Gasteiger partial charge in [0, 0.05) is 13.6 Å². The second kappa shape index (κ2) is 5.24. The van der Waals surface area contributed by atoms with Gasteiger partial charge in [-0.3, -0.25) is 5.43 Å². The van der Waals surface area contributed by atoms with Gasteiger partial charge < -0.3 is 4.90 Å². The van der Waals surface area contributed by atoms with E-state index in [0.717, 1.165) is 6.42 Å². The van der Waals surface area contributed by atoms with Crippen molar-refractivity contribution in [3.63, 3.8) is 0 Å². The van der Waals surface area contributed by atoms with Crippen molar-refractivity contribution in [2.75, 3.05) is 13.6 Å². The average molecular weight is 193 g/mol. The van der Waals surface area contributed by atoms with Crippen LogP contribution in [-0.4, -0.2) is 24.5 Å². The Bertz CT molecular complexity index is 287. The van der Waals surface area contributed by atoms with E-state index in [9.17, 15) is 4.79 Å². The largest absolute Gasteiger partial charge is 0.331 e. The standard InChI is InChI=1S/C10H15N3O/c1-13(10(14)12-11)8-7-9-5-3-2-4-6-9/h2-6H,7-8,11H2,1H3,(H,12,14). The molecule has 0 radical (unpaired) electrons. The zero-order valence-corrected chi connectivity index (χ0v) is 8.23. The first kappa shape index (κ1) is 10.5. The fraction of sp³-hybridized carbons (Fsp3) is 0.300. The van der Waals surface area contributed by atoms with E-state index in [2.05, 4.69) is 5.43 Å². The van der Waals surface area contributed by atoms with Crippen molar-refractivity contribution in [2.24, 2.45) is 5.84 Å². The number of nitrogens with zero attached hydrogens (tertiary/aromatic N) is 1. The van der Waals surface area contributed by atoms with Crippen LogP contribution >= 0.6 is 0 Å². The number of urea groups is 1. The fourth-order valence-corrected chi connectivity index (χ4v) is 1.15. The van der Waals surface area contributed by atoms with Crippen LogP contribution in [0.5, 0.6) is 0 Å². The Kier molecular flexibility index (Phi) is 3.94. The third-order valence-corrected chi connectivity index (χ3v) is 2.05. The second-order valence-corrected chi connectivity index (χ2v) is 3.11. The summed E-state index contributed by atoms with van der Waals surface area (Å²) in [5, 5.41) is 0. The van der Waals surface area contributed by atoms with Crippen molar-refractivity contribution < 1.29 is 4.79 Å². The third-order valence-electron chi connectivity index (χ3n) is 2.05. The molecule has 2 amide bonds. The predicted molar refractivity (Wildman–Crippen MR) is 55.5 cm³/mol. The van der Waals surface area contributed by atoms with Crippen LogP contribution in [0.1, 0.15) is 5.56 Å². The van der Waals surface area contributed by atoms with E-state index in [0.29, 0.717) is 6.54 Å². The average Bonchev–Trinajstić information content (AvgIpc) is 2.26. The Morgan fingerprint density at radius 3 is 2.64 bits per heavy atom. The maximum absolute atomic E-state index is 11.0. The number of benzene rings is 1. The second-order valence-electron chi connectivity index (χ2n) is 3.11. The first-order valence-corrected chi connectivity index (χ1v) is 4.49. The Morgan fingerprint density at radius 2 is 2.07 bits per heavy atom. The SMILES string of the molecule is CN(CCc1ccccc1)C(=O)NN. The maximum Gasteiger partial charge on any atom is 0.331 e. The molecule has 76 valence electrons. The molecule has 0 unspecified atom stereocenters. The summed E-state index contributed by atoms with van der Waals surface area (Å²) in [5.74, 6) is 5.00. The van der Waals surface area contributed by atoms with E-state index in [1.54, 1.807) is 11.9 Å². The summed E-state index contributed by atoms with van der Waals surface area (Å²) in [4.78, 5) is 12.6. The highest BCUT2D eigenvalue weighted by atomic mass is 16.2.